The first-order valence-electron chi connectivity index (χ1n) is 7.67. The number of urea groups is 1. The number of hydrogen-bond acceptors (Lipinski definition) is 4. The lowest BCUT2D eigenvalue weighted by atomic mass is 9.69. The Morgan fingerprint density at radius 3 is 2.61 bits per heavy atom. The van der Waals surface area contributed by atoms with Crippen LogP contribution < -0.4 is 10.6 Å². The van der Waals surface area contributed by atoms with E-state index >= 15 is 0 Å². The summed E-state index contributed by atoms with van der Waals surface area (Å²) < 4.78 is 5.23. The van der Waals surface area contributed by atoms with E-state index in [1.165, 1.54) is 6.07 Å². The number of nitro groups is 1. The van der Waals surface area contributed by atoms with E-state index in [9.17, 15) is 14.9 Å². The first-order chi connectivity index (χ1) is 10.9. The maximum atomic E-state index is 12.2. The van der Waals surface area contributed by atoms with Gasteiger partial charge in [0.15, 0.2) is 0 Å². The first kappa shape index (κ1) is 17.2. The van der Waals surface area contributed by atoms with E-state index in [0.717, 1.165) is 24.8 Å². The third kappa shape index (κ3) is 3.79. The molecule has 0 spiro atoms. The fourth-order valence-electron chi connectivity index (χ4n) is 3.01. The molecule has 1 aliphatic carbocycles. The van der Waals surface area contributed by atoms with Crippen molar-refractivity contribution < 1.29 is 14.5 Å². The number of carbonyl (C=O) groups excluding carboxylic acids is 1. The molecule has 1 fully saturated rings. The molecule has 126 valence electrons. The summed E-state index contributed by atoms with van der Waals surface area (Å²) in [4.78, 5) is 22.7. The first-order valence-corrected chi connectivity index (χ1v) is 7.67. The molecule has 1 aliphatic rings. The molecular formula is C16H23N3O4. The average Bonchev–Trinajstić information content (AvgIpc) is 2.45. The maximum absolute atomic E-state index is 12.2. The zero-order valence-corrected chi connectivity index (χ0v) is 13.8. The van der Waals surface area contributed by atoms with Crippen LogP contribution >= 0.6 is 0 Å². The van der Waals surface area contributed by atoms with Crippen molar-refractivity contribution in [1.29, 1.82) is 0 Å². The van der Waals surface area contributed by atoms with Gasteiger partial charge in [-0.25, -0.2) is 4.79 Å². The summed E-state index contributed by atoms with van der Waals surface area (Å²) in [5.74, 6) is 0. The van der Waals surface area contributed by atoms with Crippen LogP contribution in [0, 0.1) is 29.4 Å². The van der Waals surface area contributed by atoms with Gasteiger partial charge in [-0.05, 0) is 32.3 Å². The topological polar surface area (TPSA) is 93.5 Å². The number of benzene rings is 1. The third-order valence-electron chi connectivity index (χ3n) is 4.57. The van der Waals surface area contributed by atoms with Crippen molar-refractivity contribution in [3.05, 3.63) is 33.4 Å². The molecule has 0 heterocycles. The van der Waals surface area contributed by atoms with Crippen LogP contribution in [0.15, 0.2) is 12.1 Å². The Morgan fingerprint density at radius 2 is 2.09 bits per heavy atom. The van der Waals surface area contributed by atoms with E-state index in [2.05, 4.69) is 10.6 Å². The van der Waals surface area contributed by atoms with Crippen molar-refractivity contribution in [2.75, 3.05) is 25.6 Å². The summed E-state index contributed by atoms with van der Waals surface area (Å²) in [5, 5.41) is 16.6. The van der Waals surface area contributed by atoms with Crippen molar-refractivity contribution >= 4 is 17.4 Å². The molecule has 1 aromatic carbocycles. The van der Waals surface area contributed by atoms with Gasteiger partial charge in [-0.15, -0.1) is 0 Å². The number of methoxy groups -OCH3 is 1. The highest BCUT2D eigenvalue weighted by molar-refractivity contribution is 5.91. The normalized spacial score (nSPS) is 15.6. The molecule has 0 aromatic heterocycles. The highest BCUT2D eigenvalue weighted by Crippen LogP contribution is 2.40. The van der Waals surface area contributed by atoms with Crippen LogP contribution in [-0.2, 0) is 4.74 Å². The van der Waals surface area contributed by atoms with Crippen molar-refractivity contribution in [2.24, 2.45) is 5.41 Å². The predicted molar refractivity (Wildman–Crippen MR) is 87.8 cm³/mol. The molecule has 1 saturated carbocycles. The van der Waals surface area contributed by atoms with Crippen LogP contribution in [0.1, 0.15) is 30.4 Å². The Labute approximate surface area is 135 Å². The summed E-state index contributed by atoms with van der Waals surface area (Å²) in [6.45, 7) is 4.62. The van der Waals surface area contributed by atoms with E-state index in [0.29, 0.717) is 24.4 Å². The monoisotopic (exact) mass is 321 g/mol. The van der Waals surface area contributed by atoms with Crippen LogP contribution in [0.5, 0.6) is 0 Å². The third-order valence-corrected chi connectivity index (χ3v) is 4.57. The standard InChI is InChI=1S/C16H23N3O4/c1-11-5-6-13(19(21)22)12(2)14(11)18-15(20)17-9-16(10-23-3)7-4-8-16/h5-6H,4,7-10H2,1-3H3,(H2,17,18,20). The minimum Gasteiger partial charge on any atom is -0.384 e. The highest BCUT2D eigenvalue weighted by Gasteiger charge is 2.37. The van der Waals surface area contributed by atoms with E-state index in [-0.39, 0.29) is 17.1 Å². The van der Waals surface area contributed by atoms with E-state index < -0.39 is 4.92 Å². The molecule has 2 rings (SSSR count). The van der Waals surface area contributed by atoms with Gasteiger partial charge in [0.25, 0.3) is 5.69 Å². The molecule has 7 nitrogen and oxygen atoms in total. The average molecular weight is 321 g/mol. The van der Waals surface area contributed by atoms with Crippen molar-refractivity contribution in [1.82, 2.24) is 5.32 Å². The van der Waals surface area contributed by atoms with E-state index in [4.69, 9.17) is 4.74 Å². The molecule has 0 unspecified atom stereocenters. The molecule has 0 saturated heterocycles. The van der Waals surface area contributed by atoms with E-state index in [1.807, 2.05) is 6.92 Å². The second-order valence-electron chi connectivity index (χ2n) is 6.25. The largest absolute Gasteiger partial charge is 0.384 e. The Bertz CT molecular complexity index is 612. The van der Waals surface area contributed by atoms with Gasteiger partial charge in [0, 0.05) is 25.1 Å². The molecule has 0 bridgehead atoms. The molecular weight excluding hydrogens is 298 g/mol. The van der Waals surface area contributed by atoms with Crippen LogP contribution in [0.4, 0.5) is 16.2 Å². The number of carbonyl (C=O) groups is 1. The molecule has 2 N–H and O–H groups in total. The zero-order chi connectivity index (χ0) is 17.0. The minimum absolute atomic E-state index is 0.000691. The van der Waals surface area contributed by atoms with Crippen molar-refractivity contribution in [2.45, 2.75) is 33.1 Å². The predicted octanol–water partition coefficient (Wildman–Crippen LogP) is 3.15. The molecule has 1 aromatic rings. The fourth-order valence-corrected chi connectivity index (χ4v) is 3.01. The van der Waals surface area contributed by atoms with E-state index in [1.54, 1.807) is 20.1 Å². The number of anilines is 1. The quantitative estimate of drug-likeness (QED) is 0.621. The molecule has 2 amide bonds. The maximum Gasteiger partial charge on any atom is 0.319 e. The SMILES string of the molecule is COCC1(CNC(=O)Nc2c(C)ccc([N+](=O)[O-])c2C)CCC1. The summed E-state index contributed by atoms with van der Waals surface area (Å²) in [7, 11) is 1.66. The number of rotatable bonds is 6. The Morgan fingerprint density at radius 1 is 1.39 bits per heavy atom. The van der Waals surface area contributed by atoms with Gasteiger partial charge in [0.2, 0.25) is 0 Å². The zero-order valence-electron chi connectivity index (χ0n) is 13.8. The number of ether oxygens (including phenoxy) is 1. The number of hydrogen-bond donors (Lipinski definition) is 2. The minimum atomic E-state index is -0.445. The molecule has 7 heteroatoms. The van der Waals surface area contributed by atoms with Gasteiger partial charge in [-0.2, -0.15) is 0 Å². The van der Waals surface area contributed by atoms with Gasteiger partial charge in [-0.1, -0.05) is 12.5 Å². The van der Waals surface area contributed by atoms with Gasteiger partial charge in [-0.3, -0.25) is 10.1 Å². The Hall–Kier alpha value is -2.15. The number of amides is 2. The van der Waals surface area contributed by atoms with Gasteiger partial charge >= 0.3 is 6.03 Å². The van der Waals surface area contributed by atoms with Gasteiger partial charge in [0.1, 0.15) is 0 Å². The lowest BCUT2D eigenvalue weighted by Gasteiger charge is -2.41. The summed E-state index contributed by atoms with van der Waals surface area (Å²) in [6.07, 6.45) is 3.22. The lowest BCUT2D eigenvalue weighted by Crippen LogP contribution is -2.46. The van der Waals surface area contributed by atoms with Crippen molar-refractivity contribution in [3.63, 3.8) is 0 Å². The lowest BCUT2D eigenvalue weighted by molar-refractivity contribution is -0.385. The summed E-state index contributed by atoms with van der Waals surface area (Å²) in [5.41, 5.74) is 1.77. The number of aryl methyl sites for hydroxylation is 1. The second kappa shape index (κ2) is 6.95. The number of nitrogens with one attached hydrogen (secondary N) is 2. The molecule has 23 heavy (non-hydrogen) atoms. The number of nitro benzene ring substituents is 1. The molecule has 0 aliphatic heterocycles. The Kier molecular flexibility index (Phi) is 5.20. The van der Waals surface area contributed by atoms with Crippen LogP contribution in [0.2, 0.25) is 0 Å². The summed E-state index contributed by atoms with van der Waals surface area (Å²) >= 11 is 0. The highest BCUT2D eigenvalue weighted by atomic mass is 16.6. The van der Waals surface area contributed by atoms with Crippen LogP contribution in [0.25, 0.3) is 0 Å². The Balaban J connectivity index is 2.03. The van der Waals surface area contributed by atoms with Gasteiger partial charge < -0.3 is 15.4 Å². The second-order valence-corrected chi connectivity index (χ2v) is 6.25. The molecule has 0 radical (unpaired) electrons. The smallest absolute Gasteiger partial charge is 0.319 e. The van der Waals surface area contributed by atoms with Crippen LogP contribution in [-0.4, -0.2) is 31.2 Å². The van der Waals surface area contributed by atoms with Crippen LogP contribution in [0.3, 0.4) is 0 Å². The molecule has 0 atom stereocenters. The number of nitrogens with zero attached hydrogens (tertiary/aromatic N) is 1. The fraction of sp³-hybridized carbons (Fsp3) is 0.562. The van der Waals surface area contributed by atoms with Crippen molar-refractivity contribution in [3.8, 4) is 0 Å². The summed E-state index contributed by atoms with van der Waals surface area (Å²) in [6, 6.07) is 2.74. The van der Waals surface area contributed by atoms with Gasteiger partial charge in [0.05, 0.1) is 22.8 Å².